The molecule has 0 bridgehead atoms. The van der Waals surface area contributed by atoms with Crippen LogP contribution in [0.2, 0.25) is 0 Å². The lowest BCUT2D eigenvalue weighted by Crippen LogP contribution is -2.18. The van der Waals surface area contributed by atoms with E-state index in [0.717, 1.165) is 43.6 Å². The van der Waals surface area contributed by atoms with Gasteiger partial charge in [-0.25, -0.2) is 4.98 Å². The van der Waals surface area contributed by atoms with Gasteiger partial charge >= 0.3 is 0 Å². The van der Waals surface area contributed by atoms with Gasteiger partial charge in [-0.05, 0) is 37.8 Å². The van der Waals surface area contributed by atoms with Gasteiger partial charge in [-0.1, -0.05) is 12.1 Å². The Kier molecular flexibility index (Phi) is 3.36. The van der Waals surface area contributed by atoms with Crippen LogP contribution in [0, 0.1) is 5.92 Å². The van der Waals surface area contributed by atoms with E-state index >= 15 is 0 Å². The molecule has 0 saturated heterocycles. The maximum absolute atomic E-state index is 11.6. The van der Waals surface area contributed by atoms with Crippen LogP contribution in [0.4, 0.5) is 0 Å². The number of rotatable bonds is 3. The number of aromatic nitrogens is 2. The summed E-state index contributed by atoms with van der Waals surface area (Å²) in [5.41, 5.74) is 2.28. The molecule has 1 unspecified atom stereocenters. The molecule has 1 aromatic carbocycles. The first-order valence-electron chi connectivity index (χ1n) is 7.23. The van der Waals surface area contributed by atoms with Crippen LogP contribution in [-0.2, 0) is 17.8 Å². The number of hydrogen-bond donors (Lipinski definition) is 0. The summed E-state index contributed by atoms with van der Waals surface area (Å²) in [6, 6.07) is 8.28. The van der Waals surface area contributed by atoms with E-state index < -0.39 is 0 Å². The monoisotopic (exact) mass is 256 g/mol. The molecule has 1 saturated carbocycles. The summed E-state index contributed by atoms with van der Waals surface area (Å²) in [6.45, 7) is 3.10. The summed E-state index contributed by atoms with van der Waals surface area (Å²) in [4.78, 5) is 16.3. The smallest absolute Gasteiger partial charge is 0.133 e. The Morgan fingerprint density at radius 2 is 2.21 bits per heavy atom. The van der Waals surface area contributed by atoms with Crippen molar-refractivity contribution in [1.82, 2.24) is 9.55 Å². The molecule has 0 radical (unpaired) electrons. The molecule has 1 aromatic heterocycles. The topological polar surface area (TPSA) is 34.9 Å². The van der Waals surface area contributed by atoms with E-state index in [1.807, 2.05) is 6.07 Å². The van der Waals surface area contributed by atoms with Crippen molar-refractivity contribution in [2.45, 2.75) is 45.6 Å². The minimum absolute atomic E-state index is 0.426. The Bertz CT molecular complexity index is 600. The van der Waals surface area contributed by atoms with Gasteiger partial charge in [0, 0.05) is 25.8 Å². The van der Waals surface area contributed by atoms with E-state index in [0.29, 0.717) is 11.7 Å². The van der Waals surface area contributed by atoms with Gasteiger partial charge in [-0.15, -0.1) is 0 Å². The normalized spacial score (nSPS) is 20.1. The van der Waals surface area contributed by atoms with Crippen molar-refractivity contribution in [2.24, 2.45) is 5.92 Å². The molecule has 0 amide bonds. The summed E-state index contributed by atoms with van der Waals surface area (Å²) in [7, 11) is 0. The maximum Gasteiger partial charge on any atom is 0.133 e. The van der Waals surface area contributed by atoms with Crippen molar-refractivity contribution in [2.75, 3.05) is 0 Å². The van der Waals surface area contributed by atoms with Gasteiger partial charge in [0.25, 0.3) is 0 Å². The van der Waals surface area contributed by atoms with Crippen LogP contribution in [0.5, 0.6) is 0 Å². The number of imidazole rings is 1. The first-order valence-corrected chi connectivity index (χ1v) is 7.23. The molecule has 0 aliphatic heterocycles. The third kappa shape index (κ3) is 2.42. The number of para-hydroxylation sites is 2. The van der Waals surface area contributed by atoms with Gasteiger partial charge in [0.1, 0.15) is 11.6 Å². The summed E-state index contributed by atoms with van der Waals surface area (Å²) >= 11 is 0. The molecule has 3 nitrogen and oxygen atoms in total. The molecular weight excluding hydrogens is 236 g/mol. The highest BCUT2D eigenvalue weighted by atomic mass is 16.1. The van der Waals surface area contributed by atoms with Crippen LogP contribution in [0.1, 0.15) is 38.4 Å². The van der Waals surface area contributed by atoms with Crippen molar-refractivity contribution < 1.29 is 4.79 Å². The molecule has 3 rings (SSSR count). The number of carbonyl (C=O) groups is 1. The average molecular weight is 256 g/mol. The zero-order valence-electron chi connectivity index (χ0n) is 11.4. The number of aryl methyl sites for hydroxylation is 1. The Hall–Kier alpha value is -1.64. The lowest BCUT2D eigenvalue weighted by molar-refractivity contribution is -0.121. The number of fused-ring (bicyclic) bond motifs is 1. The van der Waals surface area contributed by atoms with Gasteiger partial charge in [0.2, 0.25) is 0 Å². The number of hydrogen-bond acceptors (Lipinski definition) is 2. The molecule has 1 atom stereocenters. The third-order valence-corrected chi connectivity index (χ3v) is 4.11. The van der Waals surface area contributed by atoms with E-state index in [-0.39, 0.29) is 0 Å². The van der Waals surface area contributed by atoms with Crippen LogP contribution in [0.15, 0.2) is 24.3 Å². The number of carbonyl (C=O) groups excluding carboxylic acids is 1. The van der Waals surface area contributed by atoms with E-state index in [9.17, 15) is 4.79 Å². The lowest BCUT2D eigenvalue weighted by atomic mass is 9.86. The first-order chi connectivity index (χ1) is 9.28. The molecular formula is C16H20N2O. The molecule has 1 aliphatic rings. The van der Waals surface area contributed by atoms with Crippen LogP contribution >= 0.6 is 0 Å². The fourth-order valence-electron chi connectivity index (χ4n) is 3.18. The molecule has 19 heavy (non-hydrogen) atoms. The number of Topliss-reactive ketones (excluding diaryl/α,β-unsaturated/α-hetero) is 1. The van der Waals surface area contributed by atoms with E-state index in [1.165, 1.54) is 11.9 Å². The number of nitrogens with zero attached hydrogens (tertiary/aromatic N) is 2. The minimum atomic E-state index is 0.426. The third-order valence-electron chi connectivity index (χ3n) is 4.11. The molecule has 0 N–H and O–H groups in total. The predicted molar refractivity (Wildman–Crippen MR) is 76.1 cm³/mol. The molecule has 1 fully saturated rings. The van der Waals surface area contributed by atoms with Gasteiger partial charge < -0.3 is 4.57 Å². The van der Waals surface area contributed by atoms with Crippen LogP contribution in [0.3, 0.4) is 0 Å². The largest absolute Gasteiger partial charge is 0.328 e. The second-order valence-electron chi connectivity index (χ2n) is 5.47. The summed E-state index contributed by atoms with van der Waals surface area (Å²) in [5, 5.41) is 0. The second kappa shape index (κ2) is 5.16. The van der Waals surface area contributed by atoms with Gasteiger partial charge in [-0.2, -0.15) is 0 Å². The number of ketones is 1. The summed E-state index contributed by atoms with van der Waals surface area (Å²) < 4.78 is 2.29. The minimum Gasteiger partial charge on any atom is -0.328 e. The predicted octanol–water partition coefficient (Wildman–Crippen LogP) is 3.36. The van der Waals surface area contributed by atoms with Crippen molar-refractivity contribution in [3.05, 3.63) is 30.1 Å². The summed E-state index contributed by atoms with van der Waals surface area (Å²) in [6.07, 6.45) is 4.68. The Morgan fingerprint density at radius 1 is 1.37 bits per heavy atom. The van der Waals surface area contributed by atoms with Gasteiger partial charge in [-0.3, -0.25) is 4.79 Å². The Morgan fingerprint density at radius 3 is 3.00 bits per heavy atom. The average Bonchev–Trinajstić information content (AvgIpc) is 2.75. The van der Waals surface area contributed by atoms with E-state index in [2.05, 4.69) is 29.7 Å². The van der Waals surface area contributed by atoms with Crippen LogP contribution < -0.4 is 0 Å². The summed E-state index contributed by atoms with van der Waals surface area (Å²) in [5.74, 6) is 2.06. The van der Waals surface area contributed by atoms with Gasteiger partial charge in [0.15, 0.2) is 0 Å². The quantitative estimate of drug-likeness (QED) is 0.844. The highest BCUT2D eigenvalue weighted by Crippen LogP contribution is 2.26. The first kappa shape index (κ1) is 12.4. The van der Waals surface area contributed by atoms with Crippen LogP contribution in [0.25, 0.3) is 11.0 Å². The van der Waals surface area contributed by atoms with E-state index in [1.54, 1.807) is 0 Å². The molecule has 2 aromatic rings. The standard InChI is InChI=1S/C16H20N2O/c1-2-18-15-9-4-3-8-14(15)17-16(18)11-12-6-5-7-13(19)10-12/h3-4,8-9,12H,2,5-7,10-11H2,1H3. The van der Waals surface area contributed by atoms with Crippen molar-refractivity contribution in [3.8, 4) is 0 Å². The fourth-order valence-corrected chi connectivity index (χ4v) is 3.18. The molecule has 3 heteroatoms. The van der Waals surface area contributed by atoms with Crippen molar-refractivity contribution in [3.63, 3.8) is 0 Å². The fraction of sp³-hybridized carbons (Fsp3) is 0.500. The molecule has 100 valence electrons. The highest BCUT2D eigenvalue weighted by Gasteiger charge is 2.22. The maximum atomic E-state index is 11.6. The molecule has 1 aliphatic carbocycles. The molecule has 0 spiro atoms. The Balaban J connectivity index is 1.89. The van der Waals surface area contributed by atoms with Crippen LogP contribution in [-0.4, -0.2) is 15.3 Å². The van der Waals surface area contributed by atoms with E-state index in [4.69, 9.17) is 4.98 Å². The zero-order valence-corrected chi connectivity index (χ0v) is 11.4. The second-order valence-corrected chi connectivity index (χ2v) is 5.47. The lowest BCUT2D eigenvalue weighted by Gasteiger charge is -2.20. The zero-order chi connectivity index (χ0) is 13.2. The van der Waals surface area contributed by atoms with Gasteiger partial charge in [0.05, 0.1) is 11.0 Å². The SMILES string of the molecule is CCn1c(CC2CCCC(=O)C2)nc2ccccc21. The number of benzene rings is 1. The molecule has 1 heterocycles. The van der Waals surface area contributed by atoms with Crippen molar-refractivity contribution in [1.29, 1.82) is 0 Å². The van der Waals surface area contributed by atoms with Crippen molar-refractivity contribution >= 4 is 16.8 Å². The Labute approximate surface area is 113 Å². The highest BCUT2D eigenvalue weighted by molar-refractivity contribution is 5.79.